The van der Waals surface area contributed by atoms with Crippen LogP contribution in [0.5, 0.6) is 0 Å². The highest BCUT2D eigenvalue weighted by Crippen LogP contribution is 2.64. The Hall–Kier alpha value is -4.02. The number of pyridine rings is 1. The van der Waals surface area contributed by atoms with E-state index in [9.17, 15) is 9.90 Å². The average molecular weight is 607 g/mol. The van der Waals surface area contributed by atoms with Crippen LogP contribution in [0.1, 0.15) is 64.1 Å². The van der Waals surface area contributed by atoms with Gasteiger partial charge in [-0.25, -0.2) is 19.3 Å². The van der Waals surface area contributed by atoms with Crippen LogP contribution in [0.3, 0.4) is 0 Å². The largest absolute Gasteiger partial charge is 0.383 e. The molecule has 0 radical (unpaired) electrons. The first kappa shape index (κ1) is 28.5. The second-order valence-corrected chi connectivity index (χ2v) is 13.8. The highest BCUT2D eigenvalue weighted by Gasteiger charge is 2.61. The van der Waals surface area contributed by atoms with Crippen molar-refractivity contribution in [3.63, 3.8) is 0 Å². The molecule has 1 saturated carbocycles. The fourth-order valence-electron chi connectivity index (χ4n) is 8.53. The summed E-state index contributed by atoms with van der Waals surface area (Å²) in [6.45, 7) is 12.9. The van der Waals surface area contributed by atoms with Gasteiger partial charge in [0, 0.05) is 54.2 Å². The molecule has 3 atom stereocenters. The van der Waals surface area contributed by atoms with Crippen LogP contribution in [0.15, 0.2) is 60.0 Å². The first-order valence-electron chi connectivity index (χ1n) is 16.5. The van der Waals surface area contributed by atoms with Gasteiger partial charge in [-0.2, -0.15) is 4.98 Å². The number of aryl methyl sites for hydroxylation is 1. The summed E-state index contributed by atoms with van der Waals surface area (Å²) in [6.07, 6.45) is 9.11. The number of rotatable bonds is 8. The minimum Gasteiger partial charge on any atom is -0.383 e. The van der Waals surface area contributed by atoms with Gasteiger partial charge in [0.15, 0.2) is 11.5 Å². The Balaban J connectivity index is 1.11. The lowest BCUT2D eigenvalue weighted by Crippen LogP contribution is -2.70. The molecule has 3 unspecified atom stereocenters. The van der Waals surface area contributed by atoms with Gasteiger partial charge in [0.1, 0.15) is 11.0 Å². The molecule has 3 aromatic heterocycles. The monoisotopic (exact) mass is 606 g/mol. The van der Waals surface area contributed by atoms with Crippen molar-refractivity contribution in [1.82, 2.24) is 29.2 Å². The third-order valence-electron chi connectivity index (χ3n) is 11.0. The van der Waals surface area contributed by atoms with Crippen LogP contribution in [-0.2, 0) is 18.6 Å². The number of hydrogen-bond acceptors (Lipinski definition) is 8. The number of aliphatic hydroxyl groups is 1. The SMILES string of the molecule is C=CCn1c(=O)c2cnc(Nc3ccc(N4CC5CC(C4)N5C(C)C)cc3)nc2n1-c1ccc2c(n1)C(O)(CC)C1(CC2)CC1. The lowest BCUT2D eigenvalue weighted by atomic mass is 9.70. The number of piperidine rings is 1. The smallest absolute Gasteiger partial charge is 0.278 e. The normalized spacial score (nSPS) is 25.0. The van der Waals surface area contributed by atoms with Crippen molar-refractivity contribution in [2.75, 3.05) is 23.3 Å². The summed E-state index contributed by atoms with van der Waals surface area (Å²) in [5, 5.41) is 15.7. The molecular formula is C35H42N8O2. The number of hydrogen-bond donors (Lipinski definition) is 2. The molecule has 3 saturated heterocycles. The van der Waals surface area contributed by atoms with Crippen LogP contribution >= 0.6 is 0 Å². The van der Waals surface area contributed by atoms with Gasteiger partial charge in [-0.1, -0.05) is 19.1 Å². The zero-order valence-electron chi connectivity index (χ0n) is 26.4. The van der Waals surface area contributed by atoms with Crippen molar-refractivity contribution >= 4 is 28.4 Å². The molecule has 2 N–H and O–H groups in total. The van der Waals surface area contributed by atoms with Gasteiger partial charge in [-0.3, -0.25) is 9.69 Å². The molecule has 4 aromatic rings. The number of aromatic nitrogens is 5. The molecule has 1 aromatic carbocycles. The van der Waals surface area contributed by atoms with E-state index >= 15 is 0 Å². The van der Waals surface area contributed by atoms with Crippen LogP contribution in [0, 0.1) is 5.41 Å². The number of piperazine rings is 1. The van der Waals surface area contributed by atoms with Gasteiger partial charge < -0.3 is 15.3 Å². The molecule has 4 fully saturated rings. The number of nitrogens with one attached hydrogen (secondary N) is 1. The minimum atomic E-state index is -0.973. The molecule has 1 spiro atoms. The first-order valence-corrected chi connectivity index (χ1v) is 16.5. The van der Waals surface area contributed by atoms with Gasteiger partial charge in [-0.05, 0) is 88.3 Å². The van der Waals surface area contributed by atoms with Crippen LogP contribution < -0.4 is 15.8 Å². The summed E-state index contributed by atoms with van der Waals surface area (Å²) in [7, 11) is 0. The van der Waals surface area contributed by atoms with Crippen LogP contribution in [0.2, 0.25) is 0 Å². The van der Waals surface area contributed by atoms with E-state index in [-0.39, 0.29) is 17.5 Å². The topological polar surface area (TPSA) is 104 Å². The molecule has 5 aliphatic rings. The second kappa shape index (κ2) is 10.3. The molecule has 45 heavy (non-hydrogen) atoms. The Bertz CT molecular complexity index is 1840. The predicted octanol–water partition coefficient (Wildman–Crippen LogP) is 4.90. The minimum absolute atomic E-state index is 0.0858. The van der Waals surface area contributed by atoms with E-state index in [0.717, 1.165) is 55.7 Å². The molecule has 0 amide bonds. The summed E-state index contributed by atoms with van der Waals surface area (Å²) in [5.74, 6) is 0.948. The van der Waals surface area contributed by atoms with Crippen molar-refractivity contribution in [1.29, 1.82) is 0 Å². The zero-order valence-corrected chi connectivity index (χ0v) is 26.4. The number of benzene rings is 1. The molecule has 3 aliphatic heterocycles. The Labute approximate surface area is 263 Å². The quantitative estimate of drug-likeness (QED) is 0.273. The molecule has 2 aliphatic carbocycles. The number of anilines is 3. The van der Waals surface area contributed by atoms with E-state index in [1.54, 1.807) is 21.6 Å². The van der Waals surface area contributed by atoms with Crippen molar-refractivity contribution in [3.8, 4) is 5.82 Å². The van der Waals surface area contributed by atoms with Gasteiger partial charge in [0.05, 0.1) is 12.2 Å². The highest BCUT2D eigenvalue weighted by molar-refractivity contribution is 5.77. The molecule has 234 valence electrons. The van der Waals surface area contributed by atoms with Crippen LogP contribution in [0.25, 0.3) is 16.9 Å². The van der Waals surface area contributed by atoms with Crippen LogP contribution in [-0.4, -0.2) is 65.5 Å². The maximum atomic E-state index is 13.5. The summed E-state index contributed by atoms with van der Waals surface area (Å²) in [5.41, 5.74) is 3.11. The van der Waals surface area contributed by atoms with E-state index in [1.807, 2.05) is 13.0 Å². The van der Waals surface area contributed by atoms with Crippen molar-refractivity contribution < 1.29 is 5.11 Å². The summed E-state index contributed by atoms with van der Waals surface area (Å²) < 4.78 is 3.34. The number of allylic oxidation sites excluding steroid dienone is 1. The Morgan fingerprint density at radius 2 is 1.84 bits per heavy atom. The maximum Gasteiger partial charge on any atom is 0.278 e. The zero-order chi connectivity index (χ0) is 31.1. The Kier molecular flexibility index (Phi) is 6.48. The third kappa shape index (κ3) is 4.29. The van der Waals surface area contributed by atoms with Crippen LogP contribution in [0.4, 0.5) is 17.3 Å². The molecule has 6 heterocycles. The number of fused-ring (bicyclic) bond motifs is 4. The first-order chi connectivity index (χ1) is 21.7. The standard InChI is InChI=1S/C35H42N8O2/c1-5-17-41-32(44)28-19-36-33(37-24-8-10-25(11-9-24)40-20-26-18-27(21-40)42(26)22(3)4)39-31(28)43(41)29-12-7-23-13-14-34(15-16-34)35(45,6-2)30(23)38-29/h5,7-12,19,22,26-27,45H,1,6,13-18,20-21H2,2-4H3,(H,36,37,39). The fraction of sp³-hybridized carbons (Fsp3) is 0.486. The van der Waals surface area contributed by atoms with Gasteiger partial charge in [0.2, 0.25) is 5.95 Å². The van der Waals surface area contributed by atoms with E-state index < -0.39 is 5.60 Å². The molecule has 2 bridgehead atoms. The lowest BCUT2D eigenvalue weighted by Gasteiger charge is -2.58. The summed E-state index contributed by atoms with van der Waals surface area (Å²) in [6, 6.07) is 14.3. The third-order valence-corrected chi connectivity index (χ3v) is 11.0. The van der Waals surface area contributed by atoms with Crippen molar-refractivity contribution in [2.45, 2.75) is 89.6 Å². The summed E-state index contributed by atoms with van der Waals surface area (Å²) >= 11 is 0. The molecule has 9 rings (SSSR count). The predicted molar refractivity (Wildman–Crippen MR) is 176 cm³/mol. The van der Waals surface area contributed by atoms with E-state index in [0.29, 0.717) is 47.3 Å². The van der Waals surface area contributed by atoms with E-state index in [1.165, 1.54) is 12.1 Å². The average Bonchev–Trinajstić information content (AvgIpc) is 3.78. The Morgan fingerprint density at radius 3 is 2.51 bits per heavy atom. The molecule has 10 heteroatoms. The Morgan fingerprint density at radius 1 is 1.09 bits per heavy atom. The molecular weight excluding hydrogens is 564 g/mol. The highest BCUT2D eigenvalue weighted by atomic mass is 16.3. The van der Waals surface area contributed by atoms with E-state index in [2.05, 4.69) is 70.9 Å². The van der Waals surface area contributed by atoms with Crippen molar-refractivity contribution in [3.05, 3.63) is 76.9 Å². The van der Waals surface area contributed by atoms with Crippen molar-refractivity contribution in [2.24, 2.45) is 5.41 Å². The lowest BCUT2D eigenvalue weighted by molar-refractivity contribution is -0.0580. The summed E-state index contributed by atoms with van der Waals surface area (Å²) in [4.78, 5) is 33.1. The molecule has 10 nitrogen and oxygen atoms in total. The van der Waals surface area contributed by atoms with E-state index in [4.69, 9.17) is 9.97 Å². The second-order valence-electron chi connectivity index (χ2n) is 13.8. The fourth-order valence-corrected chi connectivity index (χ4v) is 8.53. The van der Waals surface area contributed by atoms with Gasteiger partial charge in [0.25, 0.3) is 5.56 Å². The van der Waals surface area contributed by atoms with Gasteiger partial charge in [-0.15, -0.1) is 6.58 Å². The maximum absolute atomic E-state index is 13.5. The van der Waals surface area contributed by atoms with Gasteiger partial charge >= 0.3 is 0 Å². The number of nitrogens with zero attached hydrogens (tertiary/aromatic N) is 7.